The van der Waals surface area contributed by atoms with Crippen LogP contribution in [-0.2, 0) is 6.54 Å². The molecule has 2 atom stereocenters. The summed E-state index contributed by atoms with van der Waals surface area (Å²) in [6, 6.07) is 7.90. The van der Waals surface area contributed by atoms with Crippen LogP contribution in [0, 0.1) is 5.92 Å². The van der Waals surface area contributed by atoms with Gasteiger partial charge in [-0.1, -0.05) is 6.07 Å². The molecule has 6 heteroatoms. The fraction of sp³-hybridized carbons (Fsp3) is 0.550. The molecule has 2 aromatic heterocycles. The van der Waals surface area contributed by atoms with Gasteiger partial charge in [-0.25, -0.2) is 9.97 Å². The lowest BCUT2D eigenvalue weighted by molar-refractivity contribution is 0.280. The van der Waals surface area contributed by atoms with Crippen LogP contribution in [0.2, 0.25) is 0 Å². The van der Waals surface area contributed by atoms with Gasteiger partial charge in [0.15, 0.2) is 0 Å². The number of pyridine rings is 1. The minimum Gasteiger partial charge on any atom is -0.355 e. The van der Waals surface area contributed by atoms with Gasteiger partial charge in [0, 0.05) is 55.0 Å². The van der Waals surface area contributed by atoms with Gasteiger partial charge in [0.25, 0.3) is 5.56 Å². The summed E-state index contributed by atoms with van der Waals surface area (Å²) in [5.41, 5.74) is 2.51. The highest BCUT2D eigenvalue weighted by molar-refractivity contribution is 5.42. The molecule has 5 heterocycles. The third-order valence-electron chi connectivity index (χ3n) is 6.23. The molecule has 3 aliphatic rings. The van der Waals surface area contributed by atoms with E-state index in [1.807, 2.05) is 10.6 Å². The highest BCUT2D eigenvalue weighted by Gasteiger charge is 2.35. The molecule has 2 bridgehead atoms. The second-order valence-corrected chi connectivity index (χ2v) is 7.93. The molecule has 136 valence electrons. The van der Waals surface area contributed by atoms with Crippen molar-refractivity contribution in [2.24, 2.45) is 5.92 Å². The van der Waals surface area contributed by atoms with Crippen LogP contribution >= 0.6 is 0 Å². The Bertz CT molecular complexity index is 857. The van der Waals surface area contributed by atoms with Crippen LogP contribution < -0.4 is 15.8 Å². The van der Waals surface area contributed by atoms with Crippen LogP contribution in [0.4, 0.5) is 5.82 Å². The van der Waals surface area contributed by atoms with Gasteiger partial charge in [0.2, 0.25) is 0 Å². The van der Waals surface area contributed by atoms with E-state index in [1.54, 1.807) is 12.4 Å². The highest BCUT2D eigenvalue weighted by atomic mass is 16.1. The highest BCUT2D eigenvalue weighted by Crippen LogP contribution is 2.37. The maximum absolute atomic E-state index is 12.2. The van der Waals surface area contributed by atoms with Crippen molar-refractivity contribution < 1.29 is 0 Å². The zero-order chi connectivity index (χ0) is 17.5. The number of piperidine rings is 2. The van der Waals surface area contributed by atoms with Gasteiger partial charge < -0.3 is 14.8 Å². The van der Waals surface area contributed by atoms with E-state index in [4.69, 9.17) is 0 Å². The largest absolute Gasteiger partial charge is 0.355 e. The molecule has 2 aromatic rings. The Morgan fingerprint density at radius 1 is 1.04 bits per heavy atom. The van der Waals surface area contributed by atoms with Crippen LogP contribution in [0.5, 0.6) is 0 Å². The van der Waals surface area contributed by atoms with Gasteiger partial charge in [-0.3, -0.25) is 4.79 Å². The standard InChI is InChI=1S/C20H25N5O/c26-20-3-1-2-18-16-8-14(11-25(18)20)10-24(12-16)19-9-17(22-13-23-19)15-4-6-21-7-5-15/h1-3,9,13-16,21H,4-8,10-12H2/t14-,16+/m1/s1. The van der Waals surface area contributed by atoms with Gasteiger partial charge in [-0.2, -0.15) is 0 Å². The van der Waals surface area contributed by atoms with E-state index in [0.717, 1.165) is 51.4 Å². The number of anilines is 1. The fourth-order valence-corrected chi connectivity index (χ4v) is 4.96. The second kappa shape index (κ2) is 6.50. The first-order valence-electron chi connectivity index (χ1n) is 9.75. The second-order valence-electron chi connectivity index (χ2n) is 7.93. The van der Waals surface area contributed by atoms with E-state index in [-0.39, 0.29) is 5.56 Å². The van der Waals surface area contributed by atoms with Crippen molar-refractivity contribution in [3.63, 3.8) is 0 Å². The van der Waals surface area contributed by atoms with Crippen LogP contribution in [0.3, 0.4) is 0 Å². The average molecular weight is 351 g/mol. The summed E-state index contributed by atoms with van der Waals surface area (Å²) in [5, 5.41) is 3.42. The van der Waals surface area contributed by atoms with E-state index in [9.17, 15) is 4.79 Å². The average Bonchev–Trinajstić information content (AvgIpc) is 2.69. The number of nitrogens with zero attached hydrogens (tertiary/aromatic N) is 4. The predicted molar refractivity (Wildman–Crippen MR) is 101 cm³/mol. The van der Waals surface area contributed by atoms with E-state index < -0.39 is 0 Å². The van der Waals surface area contributed by atoms with Crippen molar-refractivity contribution >= 4 is 5.82 Å². The molecule has 0 unspecified atom stereocenters. The quantitative estimate of drug-likeness (QED) is 0.893. The molecule has 0 amide bonds. The Morgan fingerprint density at radius 2 is 1.92 bits per heavy atom. The van der Waals surface area contributed by atoms with Gasteiger partial charge in [0.1, 0.15) is 12.1 Å². The van der Waals surface area contributed by atoms with Gasteiger partial charge in [-0.15, -0.1) is 0 Å². The number of aromatic nitrogens is 3. The lowest BCUT2D eigenvalue weighted by atomic mass is 9.83. The van der Waals surface area contributed by atoms with Gasteiger partial charge >= 0.3 is 0 Å². The normalized spacial score (nSPS) is 25.8. The summed E-state index contributed by atoms with van der Waals surface area (Å²) in [5.74, 6) is 2.52. The summed E-state index contributed by atoms with van der Waals surface area (Å²) in [7, 11) is 0. The zero-order valence-electron chi connectivity index (χ0n) is 15.0. The molecule has 0 aliphatic carbocycles. The molecular weight excluding hydrogens is 326 g/mol. The Kier molecular flexibility index (Phi) is 4.00. The zero-order valence-corrected chi connectivity index (χ0v) is 15.0. The number of fused-ring (bicyclic) bond motifs is 4. The van der Waals surface area contributed by atoms with Crippen molar-refractivity contribution in [2.75, 3.05) is 31.1 Å². The summed E-state index contributed by atoms with van der Waals surface area (Å²) in [6.07, 6.45) is 5.21. The lowest BCUT2D eigenvalue weighted by Gasteiger charge is -2.43. The maximum Gasteiger partial charge on any atom is 0.250 e. The Hall–Kier alpha value is -2.21. The van der Waals surface area contributed by atoms with Crippen LogP contribution in [0.1, 0.15) is 42.5 Å². The van der Waals surface area contributed by atoms with Crippen molar-refractivity contribution in [1.82, 2.24) is 19.9 Å². The minimum atomic E-state index is 0.140. The summed E-state index contributed by atoms with van der Waals surface area (Å²) in [6.45, 7) is 4.88. The van der Waals surface area contributed by atoms with E-state index in [0.29, 0.717) is 17.8 Å². The summed E-state index contributed by atoms with van der Waals surface area (Å²) in [4.78, 5) is 23.8. The van der Waals surface area contributed by atoms with E-state index in [1.165, 1.54) is 17.8 Å². The predicted octanol–water partition coefficient (Wildman–Crippen LogP) is 1.73. The van der Waals surface area contributed by atoms with Gasteiger partial charge in [-0.05, 0) is 44.3 Å². The number of hydrogen-bond donors (Lipinski definition) is 1. The van der Waals surface area contributed by atoms with E-state index >= 15 is 0 Å². The molecule has 2 fully saturated rings. The van der Waals surface area contributed by atoms with Crippen molar-refractivity contribution in [2.45, 2.75) is 37.6 Å². The van der Waals surface area contributed by atoms with Crippen molar-refractivity contribution in [3.05, 3.63) is 52.3 Å². The molecule has 6 nitrogen and oxygen atoms in total. The molecule has 0 saturated carbocycles. The molecule has 0 spiro atoms. The van der Waals surface area contributed by atoms with E-state index in [2.05, 4.69) is 32.3 Å². The smallest absolute Gasteiger partial charge is 0.250 e. The third-order valence-corrected chi connectivity index (χ3v) is 6.23. The molecule has 3 aliphatic heterocycles. The molecule has 0 radical (unpaired) electrons. The summed E-state index contributed by atoms with van der Waals surface area (Å²) < 4.78 is 1.98. The first kappa shape index (κ1) is 16.0. The Morgan fingerprint density at radius 3 is 2.81 bits per heavy atom. The van der Waals surface area contributed by atoms with Gasteiger partial charge in [0.05, 0.1) is 0 Å². The number of nitrogens with one attached hydrogen (secondary N) is 1. The van der Waals surface area contributed by atoms with Crippen molar-refractivity contribution in [1.29, 1.82) is 0 Å². The molecule has 2 saturated heterocycles. The topological polar surface area (TPSA) is 63.1 Å². The molecule has 0 aromatic carbocycles. The monoisotopic (exact) mass is 351 g/mol. The van der Waals surface area contributed by atoms with Crippen LogP contribution in [0.25, 0.3) is 0 Å². The Balaban J connectivity index is 1.41. The molecule has 5 rings (SSSR count). The lowest BCUT2D eigenvalue weighted by Crippen LogP contribution is -2.47. The SMILES string of the molecule is O=c1cccc2n1C[C@@H]1C[C@H]2CN(c2cc(C3CCNCC3)ncn2)C1. The maximum atomic E-state index is 12.2. The minimum absolute atomic E-state index is 0.140. The number of hydrogen-bond acceptors (Lipinski definition) is 5. The molecule has 1 N–H and O–H groups in total. The summed E-state index contributed by atoms with van der Waals surface area (Å²) >= 11 is 0. The molecule has 26 heavy (non-hydrogen) atoms. The van der Waals surface area contributed by atoms with Crippen LogP contribution in [-0.4, -0.2) is 40.7 Å². The third kappa shape index (κ3) is 2.82. The molecular formula is C20H25N5O. The first-order valence-corrected chi connectivity index (χ1v) is 9.75. The Labute approximate surface area is 153 Å². The first-order chi connectivity index (χ1) is 12.8. The number of rotatable bonds is 2. The van der Waals surface area contributed by atoms with Crippen LogP contribution in [0.15, 0.2) is 35.4 Å². The fourth-order valence-electron chi connectivity index (χ4n) is 4.96. The van der Waals surface area contributed by atoms with Crippen molar-refractivity contribution in [3.8, 4) is 0 Å².